The van der Waals surface area contributed by atoms with Crippen molar-refractivity contribution in [3.05, 3.63) is 35.4 Å². The molecule has 0 aliphatic rings. The molecule has 0 saturated carbocycles. The van der Waals surface area contributed by atoms with Gasteiger partial charge < -0.3 is 5.73 Å². The van der Waals surface area contributed by atoms with E-state index in [1.165, 1.54) is 24.0 Å². The summed E-state index contributed by atoms with van der Waals surface area (Å²) in [6.45, 7) is 6.61. The van der Waals surface area contributed by atoms with Crippen molar-refractivity contribution in [2.24, 2.45) is 11.7 Å². The van der Waals surface area contributed by atoms with Gasteiger partial charge in [-0.05, 0) is 24.8 Å². The molecule has 0 bridgehead atoms. The lowest BCUT2D eigenvalue weighted by Crippen LogP contribution is -2.15. The molecular formula is C14H23N. The van der Waals surface area contributed by atoms with E-state index in [0.717, 1.165) is 12.3 Å². The summed E-state index contributed by atoms with van der Waals surface area (Å²) in [6, 6.07) is 8.76. The van der Waals surface area contributed by atoms with Gasteiger partial charge in [0.05, 0.1) is 0 Å². The first-order valence-corrected chi connectivity index (χ1v) is 5.99. The van der Waals surface area contributed by atoms with E-state index in [1.54, 1.807) is 0 Å². The Morgan fingerprint density at radius 3 is 2.40 bits per heavy atom. The minimum atomic E-state index is 0.204. The van der Waals surface area contributed by atoms with Crippen molar-refractivity contribution in [3.63, 3.8) is 0 Å². The molecule has 1 heteroatoms. The van der Waals surface area contributed by atoms with Crippen LogP contribution in [0.3, 0.4) is 0 Å². The fraction of sp³-hybridized carbons (Fsp3) is 0.571. The lowest BCUT2D eigenvalue weighted by atomic mass is 9.91. The third-order valence-electron chi connectivity index (χ3n) is 3.21. The molecule has 1 aromatic rings. The molecule has 0 spiro atoms. The molecule has 1 aromatic carbocycles. The zero-order valence-electron chi connectivity index (χ0n) is 10.2. The Bertz CT molecular complexity index is 289. The number of aryl methyl sites for hydroxylation is 1. The lowest BCUT2D eigenvalue weighted by Gasteiger charge is -2.18. The van der Waals surface area contributed by atoms with Gasteiger partial charge in [0.1, 0.15) is 0 Å². The predicted molar refractivity (Wildman–Crippen MR) is 66.8 cm³/mol. The summed E-state index contributed by atoms with van der Waals surface area (Å²) in [5.41, 5.74) is 8.79. The van der Waals surface area contributed by atoms with Crippen molar-refractivity contribution < 1.29 is 0 Å². The molecule has 1 atom stereocenters. The molecular weight excluding hydrogens is 182 g/mol. The molecule has 0 aliphatic heterocycles. The smallest absolute Gasteiger partial charge is 0.0297 e. The zero-order valence-corrected chi connectivity index (χ0v) is 10.2. The van der Waals surface area contributed by atoms with Gasteiger partial charge in [-0.15, -0.1) is 0 Å². The van der Waals surface area contributed by atoms with E-state index in [0.29, 0.717) is 0 Å². The van der Waals surface area contributed by atoms with Gasteiger partial charge in [0.25, 0.3) is 0 Å². The van der Waals surface area contributed by atoms with Crippen LogP contribution in [-0.4, -0.2) is 0 Å². The number of benzene rings is 1. The highest BCUT2D eigenvalue weighted by Crippen LogP contribution is 2.23. The Morgan fingerprint density at radius 2 is 1.87 bits per heavy atom. The fourth-order valence-electron chi connectivity index (χ4n) is 2.02. The van der Waals surface area contributed by atoms with Gasteiger partial charge in [-0.25, -0.2) is 0 Å². The van der Waals surface area contributed by atoms with Gasteiger partial charge in [-0.3, -0.25) is 0 Å². The minimum absolute atomic E-state index is 0.204. The summed E-state index contributed by atoms with van der Waals surface area (Å²) in [6.07, 6.45) is 3.57. The molecule has 0 radical (unpaired) electrons. The van der Waals surface area contributed by atoms with Crippen LogP contribution in [0.1, 0.15) is 50.3 Å². The molecule has 1 nitrogen and oxygen atoms in total. The van der Waals surface area contributed by atoms with Gasteiger partial charge >= 0.3 is 0 Å². The first kappa shape index (κ1) is 12.3. The average molecular weight is 205 g/mol. The Hall–Kier alpha value is -0.820. The molecule has 0 aliphatic carbocycles. The summed E-state index contributed by atoms with van der Waals surface area (Å²) < 4.78 is 0. The lowest BCUT2D eigenvalue weighted by molar-refractivity contribution is 0.414. The topological polar surface area (TPSA) is 26.0 Å². The second kappa shape index (κ2) is 5.92. The molecule has 0 aromatic heterocycles. The van der Waals surface area contributed by atoms with Crippen LogP contribution in [0.4, 0.5) is 0 Å². The Kier molecular flexibility index (Phi) is 4.83. The monoisotopic (exact) mass is 205 g/mol. The van der Waals surface area contributed by atoms with Crippen LogP contribution in [0.5, 0.6) is 0 Å². The van der Waals surface area contributed by atoms with Crippen LogP contribution < -0.4 is 5.73 Å². The number of nitrogens with two attached hydrogens (primary N) is 1. The van der Waals surface area contributed by atoms with Gasteiger partial charge in [0.2, 0.25) is 0 Å². The van der Waals surface area contributed by atoms with Crippen LogP contribution in [0.25, 0.3) is 0 Å². The zero-order chi connectivity index (χ0) is 11.3. The third kappa shape index (κ3) is 3.67. The van der Waals surface area contributed by atoms with Crippen molar-refractivity contribution >= 4 is 0 Å². The highest BCUT2D eigenvalue weighted by molar-refractivity contribution is 5.24. The number of hydrogen-bond donors (Lipinski definition) is 1. The van der Waals surface area contributed by atoms with Crippen molar-refractivity contribution in [1.29, 1.82) is 0 Å². The number of rotatable bonds is 5. The Balaban J connectivity index is 2.64. The van der Waals surface area contributed by atoms with E-state index in [1.807, 2.05) is 0 Å². The summed E-state index contributed by atoms with van der Waals surface area (Å²) in [5, 5.41) is 0. The molecule has 0 heterocycles. The van der Waals surface area contributed by atoms with Crippen molar-refractivity contribution in [1.82, 2.24) is 0 Å². The van der Waals surface area contributed by atoms with E-state index >= 15 is 0 Å². The first-order valence-electron chi connectivity index (χ1n) is 5.99. The van der Waals surface area contributed by atoms with Crippen molar-refractivity contribution in [2.45, 2.75) is 46.1 Å². The molecule has 1 rings (SSSR count). The standard InChI is InChI=1S/C14H23N/c1-4-12(5-2)10-14(15)13-8-6-7-11(3)9-13/h6-9,12,14H,4-5,10,15H2,1-3H3/t14-/m1/s1. The number of hydrogen-bond acceptors (Lipinski definition) is 1. The maximum absolute atomic E-state index is 6.22. The molecule has 0 fully saturated rings. The molecule has 0 amide bonds. The average Bonchev–Trinajstić information content (AvgIpc) is 2.25. The molecule has 84 valence electrons. The van der Waals surface area contributed by atoms with Gasteiger partial charge in [-0.1, -0.05) is 56.5 Å². The quantitative estimate of drug-likeness (QED) is 0.777. The summed E-state index contributed by atoms with van der Waals surface area (Å²) in [5.74, 6) is 0.764. The summed E-state index contributed by atoms with van der Waals surface area (Å²) in [4.78, 5) is 0. The maximum Gasteiger partial charge on any atom is 0.0297 e. The Morgan fingerprint density at radius 1 is 1.20 bits per heavy atom. The van der Waals surface area contributed by atoms with Gasteiger partial charge in [0, 0.05) is 6.04 Å². The van der Waals surface area contributed by atoms with E-state index in [4.69, 9.17) is 5.73 Å². The van der Waals surface area contributed by atoms with Crippen LogP contribution in [0, 0.1) is 12.8 Å². The summed E-state index contributed by atoms with van der Waals surface area (Å²) in [7, 11) is 0. The van der Waals surface area contributed by atoms with Gasteiger partial charge in [-0.2, -0.15) is 0 Å². The first-order chi connectivity index (χ1) is 7.17. The SMILES string of the molecule is CCC(CC)C[C@@H](N)c1cccc(C)c1. The highest BCUT2D eigenvalue weighted by Gasteiger charge is 2.11. The van der Waals surface area contributed by atoms with Gasteiger partial charge in [0.15, 0.2) is 0 Å². The van der Waals surface area contributed by atoms with Crippen LogP contribution in [0.2, 0.25) is 0 Å². The molecule has 2 N–H and O–H groups in total. The second-order valence-corrected chi connectivity index (χ2v) is 4.44. The minimum Gasteiger partial charge on any atom is -0.324 e. The van der Waals surface area contributed by atoms with E-state index in [2.05, 4.69) is 45.0 Å². The highest BCUT2D eigenvalue weighted by atomic mass is 14.6. The van der Waals surface area contributed by atoms with E-state index < -0.39 is 0 Å². The fourth-order valence-corrected chi connectivity index (χ4v) is 2.02. The van der Waals surface area contributed by atoms with Crippen molar-refractivity contribution in [2.75, 3.05) is 0 Å². The van der Waals surface area contributed by atoms with Crippen LogP contribution in [-0.2, 0) is 0 Å². The van der Waals surface area contributed by atoms with E-state index in [-0.39, 0.29) is 6.04 Å². The predicted octanol–water partition coefficient (Wildman–Crippen LogP) is 3.82. The third-order valence-corrected chi connectivity index (χ3v) is 3.21. The largest absolute Gasteiger partial charge is 0.324 e. The maximum atomic E-state index is 6.22. The van der Waals surface area contributed by atoms with E-state index in [9.17, 15) is 0 Å². The second-order valence-electron chi connectivity index (χ2n) is 4.44. The Labute approximate surface area is 93.7 Å². The normalized spacial score (nSPS) is 13.1. The molecule has 15 heavy (non-hydrogen) atoms. The molecule has 0 unspecified atom stereocenters. The molecule has 0 saturated heterocycles. The van der Waals surface area contributed by atoms with Crippen LogP contribution in [0.15, 0.2) is 24.3 Å². The summed E-state index contributed by atoms with van der Waals surface area (Å²) >= 11 is 0. The van der Waals surface area contributed by atoms with Crippen LogP contribution >= 0.6 is 0 Å². The van der Waals surface area contributed by atoms with Crippen molar-refractivity contribution in [3.8, 4) is 0 Å².